The van der Waals surface area contributed by atoms with Gasteiger partial charge in [-0.3, -0.25) is 4.79 Å². The van der Waals surface area contributed by atoms with Crippen LogP contribution < -0.4 is 0 Å². The van der Waals surface area contributed by atoms with Crippen LogP contribution in [0.1, 0.15) is 84.0 Å². The van der Waals surface area contributed by atoms with Gasteiger partial charge in [0.2, 0.25) is 0 Å². The lowest BCUT2D eigenvalue weighted by Gasteiger charge is -2.04. The first-order chi connectivity index (χ1) is 9.31. The summed E-state index contributed by atoms with van der Waals surface area (Å²) in [6.07, 6.45) is 13.8. The Bertz CT molecular complexity index is 214. The lowest BCUT2D eigenvalue weighted by atomic mass is 10.1. The second-order valence-corrected chi connectivity index (χ2v) is 5.11. The maximum atomic E-state index is 11.3. The molecule has 0 aromatic rings. The van der Waals surface area contributed by atoms with Gasteiger partial charge in [-0.15, -0.1) is 0 Å². The summed E-state index contributed by atoms with van der Waals surface area (Å²) in [7, 11) is 0. The minimum atomic E-state index is -0.117. The maximum Gasteiger partial charge on any atom is 0.305 e. The molecule has 0 amide bonds. The van der Waals surface area contributed by atoms with Crippen molar-refractivity contribution in [1.29, 1.82) is 0 Å². The van der Waals surface area contributed by atoms with Crippen molar-refractivity contribution in [1.82, 2.24) is 0 Å². The minimum Gasteiger partial charge on any atom is -0.466 e. The number of hydrogen-bond donors (Lipinski definition) is 0. The first kappa shape index (κ1) is 18.1. The van der Waals surface area contributed by atoms with E-state index in [0.29, 0.717) is 25.9 Å². The quantitative estimate of drug-likeness (QED) is 0.266. The fourth-order valence-corrected chi connectivity index (χ4v) is 2.00. The van der Waals surface area contributed by atoms with Gasteiger partial charge in [0.05, 0.1) is 6.61 Å². The van der Waals surface area contributed by atoms with Crippen LogP contribution in [0.2, 0.25) is 0 Å². The molecule has 0 N–H and O–H groups in total. The van der Waals surface area contributed by atoms with Gasteiger partial charge in [0.25, 0.3) is 0 Å². The van der Waals surface area contributed by atoms with Crippen LogP contribution in [0.15, 0.2) is 0 Å². The summed E-state index contributed by atoms with van der Waals surface area (Å²) in [5.74, 6) is -0.117. The highest BCUT2D eigenvalue weighted by Crippen LogP contribution is 2.10. The van der Waals surface area contributed by atoms with E-state index in [1.165, 1.54) is 44.9 Å². The number of aldehydes is 1. The summed E-state index contributed by atoms with van der Waals surface area (Å²) in [5.41, 5.74) is 0. The lowest BCUT2D eigenvalue weighted by Crippen LogP contribution is -2.05. The number of esters is 1. The standard InChI is InChI=1S/C16H30O3/c1-2-3-4-5-6-7-8-9-10-13-16(18)19-15-12-11-14-17/h14H,2-13,15H2,1H3. The first-order valence-corrected chi connectivity index (χ1v) is 7.90. The Kier molecular flexibility index (Phi) is 14.5. The molecule has 0 saturated carbocycles. The van der Waals surface area contributed by atoms with E-state index < -0.39 is 0 Å². The molecule has 0 fully saturated rings. The van der Waals surface area contributed by atoms with Crippen molar-refractivity contribution in [3.63, 3.8) is 0 Å². The molecular weight excluding hydrogens is 240 g/mol. The van der Waals surface area contributed by atoms with Crippen molar-refractivity contribution in [3.05, 3.63) is 0 Å². The van der Waals surface area contributed by atoms with E-state index in [9.17, 15) is 9.59 Å². The molecule has 0 aliphatic rings. The fraction of sp³-hybridized carbons (Fsp3) is 0.875. The number of carbonyl (C=O) groups is 2. The molecule has 3 nitrogen and oxygen atoms in total. The van der Waals surface area contributed by atoms with Crippen LogP contribution >= 0.6 is 0 Å². The van der Waals surface area contributed by atoms with Gasteiger partial charge in [-0.2, -0.15) is 0 Å². The topological polar surface area (TPSA) is 43.4 Å². The predicted molar refractivity (Wildman–Crippen MR) is 78.1 cm³/mol. The molecular formula is C16H30O3. The molecule has 0 bridgehead atoms. The molecule has 3 heteroatoms. The predicted octanol–water partition coefficient (Wildman–Crippen LogP) is 4.43. The minimum absolute atomic E-state index is 0.117. The van der Waals surface area contributed by atoms with Crippen molar-refractivity contribution in [3.8, 4) is 0 Å². The van der Waals surface area contributed by atoms with Crippen molar-refractivity contribution in [2.75, 3.05) is 6.61 Å². The summed E-state index contributed by atoms with van der Waals surface area (Å²) in [6, 6.07) is 0. The monoisotopic (exact) mass is 270 g/mol. The Balaban J connectivity index is 3.12. The number of carbonyl (C=O) groups excluding carboxylic acids is 2. The summed E-state index contributed by atoms with van der Waals surface area (Å²) >= 11 is 0. The third-order valence-electron chi connectivity index (χ3n) is 3.21. The van der Waals surface area contributed by atoms with Gasteiger partial charge < -0.3 is 9.53 Å². The molecule has 0 rings (SSSR count). The first-order valence-electron chi connectivity index (χ1n) is 7.90. The largest absolute Gasteiger partial charge is 0.466 e. The number of rotatable bonds is 14. The normalized spacial score (nSPS) is 10.4. The highest BCUT2D eigenvalue weighted by atomic mass is 16.5. The van der Waals surface area contributed by atoms with E-state index in [1.807, 2.05) is 0 Å². The number of ether oxygens (including phenoxy) is 1. The van der Waals surface area contributed by atoms with E-state index in [2.05, 4.69) is 6.92 Å². The molecule has 0 aliphatic heterocycles. The molecule has 0 heterocycles. The molecule has 0 unspecified atom stereocenters. The molecule has 0 spiro atoms. The van der Waals surface area contributed by atoms with Crippen LogP contribution in [0.25, 0.3) is 0 Å². The van der Waals surface area contributed by atoms with Gasteiger partial charge in [0.1, 0.15) is 6.29 Å². The van der Waals surface area contributed by atoms with Crippen molar-refractivity contribution in [2.24, 2.45) is 0 Å². The molecule has 0 aromatic heterocycles. The Morgan fingerprint density at radius 3 is 2.05 bits per heavy atom. The highest BCUT2D eigenvalue weighted by Gasteiger charge is 2.02. The zero-order valence-electron chi connectivity index (χ0n) is 12.5. The van der Waals surface area contributed by atoms with Crippen LogP contribution in [-0.2, 0) is 14.3 Å². The second kappa shape index (κ2) is 15.2. The van der Waals surface area contributed by atoms with Crippen molar-refractivity contribution < 1.29 is 14.3 Å². The van der Waals surface area contributed by atoms with Crippen molar-refractivity contribution in [2.45, 2.75) is 84.0 Å². The van der Waals surface area contributed by atoms with Crippen LogP contribution in [-0.4, -0.2) is 18.9 Å². The summed E-state index contributed by atoms with van der Waals surface area (Å²) < 4.78 is 5.02. The van der Waals surface area contributed by atoms with E-state index in [1.54, 1.807) is 0 Å². The molecule has 112 valence electrons. The average Bonchev–Trinajstić information content (AvgIpc) is 2.42. The van der Waals surface area contributed by atoms with Gasteiger partial charge in [-0.25, -0.2) is 0 Å². The lowest BCUT2D eigenvalue weighted by molar-refractivity contribution is -0.144. The van der Waals surface area contributed by atoms with Crippen LogP contribution in [0.3, 0.4) is 0 Å². The highest BCUT2D eigenvalue weighted by molar-refractivity contribution is 5.69. The summed E-state index contributed by atoms with van der Waals surface area (Å²) in [4.78, 5) is 21.4. The zero-order valence-corrected chi connectivity index (χ0v) is 12.5. The van der Waals surface area contributed by atoms with Gasteiger partial charge in [-0.05, 0) is 12.8 Å². The number of hydrogen-bond acceptors (Lipinski definition) is 3. The van der Waals surface area contributed by atoms with Crippen LogP contribution in [0.5, 0.6) is 0 Å². The van der Waals surface area contributed by atoms with E-state index in [0.717, 1.165) is 19.1 Å². The van der Waals surface area contributed by atoms with E-state index >= 15 is 0 Å². The molecule has 0 aliphatic carbocycles. The smallest absolute Gasteiger partial charge is 0.305 e. The van der Waals surface area contributed by atoms with Gasteiger partial charge >= 0.3 is 5.97 Å². The fourth-order valence-electron chi connectivity index (χ4n) is 2.00. The Morgan fingerprint density at radius 2 is 1.47 bits per heavy atom. The van der Waals surface area contributed by atoms with Gasteiger partial charge in [0.15, 0.2) is 0 Å². The summed E-state index contributed by atoms with van der Waals surface area (Å²) in [6.45, 7) is 2.62. The second-order valence-electron chi connectivity index (χ2n) is 5.11. The van der Waals surface area contributed by atoms with E-state index in [-0.39, 0.29) is 5.97 Å². The molecule has 0 radical (unpaired) electrons. The molecule has 0 atom stereocenters. The molecule has 19 heavy (non-hydrogen) atoms. The van der Waals surface area contributed by atoms with Crippen LogP contribution in [0.4, 0.5) is 0 Å². The zero-order chi connectivity index (χ0) is 14.2. The van der Waals surface area contributed by atoms with Crippen molar-refractivity contribution >= 4 is 12.3 Å². The Labute approximate surface area is 118 Å². The third kappa shape index (κ3) is 15.1. The summed E-state index contributed by atoms with van der Waals surface area (Å²) in [5, 5.41) is 0. The molecule has 0 aromatic carbocycles. The van der Waals surface area contributed by atoms with Gasteiger partial charge in [-0.1, -0.05) is 58.3 Å². The SMILES string of the molecule is CCCCCCCCCCCC(=O)OCCCC=O. The maximum absolute atomic E-state index is 11.3. The number of unbranched alkanes of at least 4 members (excludes halogenated alkanes) is 9. The average molecular weight is 270 g/mol. The Hall–Kier alpha value is -0.860. The molecule has 0 saturated heterocycles. The Morgan fingerprint density at radius 1 is 0.895 bits per heavy atom. The van der Waals surface area contributed by atoms with Gasteiger partial charge in [0, 0.05) is 12.8 Å². The van der Waals surface area contributed by atoms with E-state index in [4.69, 9.17) is 4.74 Å². The van der Waals surface area contributed by atoms with Crippen LogP contribution in [0, 0.1) is 0 Å². The third-order valence-corrected chi connectivity index (χ3v) is 3.21.